The summed E-state index contributed by atoms with van der Waals surface area (Å²) in [5.41, 5.74) is 0.280. The first-order valence-electron chi connectivity index (χ1n) is 9.47. The zero-order valence-corrected chi connectivity index (χ0v) is 17.5. The fraction of sp³-hybridized carbons (Fsp3) is 0.333. The van der Waals surface area contributed by atoms with Crippen molar-refractivity contribution >= 4 is 21.7 Å². The number of piperidine rings is 1. The van der Waals surface area contributed by atoms with Gasteiger partial charge in [0.1, 0.15) is 11.6 Å². The Morgan fingerprint density at radius 1 is 1.10 bits per heavy atom. The van der Waals surface area contributed by atoms with E-state index in [-0.39, 0.29) is 35.2 Å². The zero-order chi connectivity index (χ0) is 21.9. The van der Waals surface area contributed by atoms with E-state index in [2.05, 4.69) is 4.72 Å². The molecule has 0 aromatic heterocycles. The van der Waals surface area contributed by atoms with Crippen molar-refractivity contribution in [2.75, 3.05) is 27.2 Å². The van der Waals surface area contributed by atoms with Gasteiger partial charge in [-0.15, -0.1) is 0 Å². The summed E-state index contributed by atoms with van der Waals surface area (Å²) in [5.74, 6) is -0.944. The first kappa shape index (κ1) is 21.9. The molecule has 1 heterocycles. The van der Waals surface area contributed by atoms with E-state index in [1.807, 2.05) is 0 Å². The van der Waals surface area contributed by atoms with Crippen molar-refractivity contribution in [2.24, 2.45) is 5.92 Å². The van der Waals surface area contributed by atoms with E-state index in [4.69, 9.17) is 4.74 Å². The molecule has 160 valence electrons. The lowest BCUT2D eigenvalue weighted by Crippen LogP contribution is -2.40. The summed E-state index contributed by atoms with van der Waals surface area (Å²) in [5, 5.41) is 0. The average molecular weight is 434 g/mol. The molecule has 1 fully saturated rings. The van der Waals surface area contributed by atoms with Crippen LogP contribution in [0.5, 0.6) is 5.75 Å². The maximum absolute atomic E-state index is 14.2. The standard InChI is InChI=1S/C21H23FN2O5S/c1-23-30(27,28)17-7-8-19(22)18(13-17)21(26)24-11-9-15(10-12-24)20(25)14-3-5-16(29-2)6-4-14/h3-8,13,15,23H,9-12H2,1-2H3. The van der Waals surface area contributed by atoms with E-state index >= 15 is 0 Å². The van der Waals surface area contributed by atoms with Gasteiger partial charge in [-0.25, -0.2) is 17.5 Å². The Morgan fingerprint density at radius 3 is 2.30 bits per heavy atom. The Bertz CT molecular complexity index is 1050. The molecule has 1 aliphatic heterocycles. The third-order valence-corrected chi connectivity index (χ3v) is 6.69. The number of hydrogen-bond donors (Lipinski definition) is 1. The second-order valence-corrected chi connectivity index (χ2v) is 8.89. The Morgan fingerprint density at radius 2 is 1.73 bits per heavy atom. The third-order valence-electron chi connectivity index (χ3n) is 5.27. The van der Waals surface area contributed by atoms with Crippen LogP contribution in [0.2, 0.25) is 0 Å². The zero-order valence-electron chi connectivity index (χ0n) is 16.7. The topological polar surface area (TPSA) is 92.8 Å². The van der Waals surface area contributed by atoms with E-state index in [0.717, 1.165) is 18.2 Å². The molecule has 1 amide bonds. The molecule has 3 rings (SSSR count). The van der Waals surface area contributed by atoms with Crippen LogP contribution in [0.1, 0.15) is 33.6 Å². The highest BCUT2D eigenvalue weighted by Crippen LogP contribution is 2.25. The number of rotatable bonds is 6. The van der Waals surface area contributed by atoms with Crippen LogP contribution in [0.3, 0.4) is 0 Å². The predicted molar refractivity (Wildman–Crippen MR) is 109 cm³/mol. The Hall–Kier alpha value is -2.78. The third kappa shape index (κ3) is 4.52. The smallest absolute Gasteiger partial charge is 0.256 e. The molecule has 2 aromatic rings. The van der Waals surface area contributed by atoms with Crippen LogP contribution in [0.15, 0.2) is 47.4 Å². The Kier molecular flexibility index (Phi) is 6.52. The van der Waals surface area contributed by atoms with Crippen LogP contribution in [0.4, 0.5) is 4.39 Å². The highest BCUT2D eigenvalue weighted by atomic mass is 32.2. The number of hydrogen-bond acceptors (Lipinski definition) is 5. The van der Waals surface area contributed by atoms with Crippen molar-refractivity contribution in [1.29, 1.82) is 0 Å². The maximum atomic E-state index is 14.2. The van der Waals surface area contributed by atoms with Crippen LogP contribution in [0.25, 0.3) is 0 Å². The highest BCUT2D eigenvalue weighted by molar-refractivity contribution is 7.89. The van der Waals surface area contributed by atoms with Crippen LogP contribution >= 0.6 is 0 Å². The van der Waals surface area contributed by atoms with Crippen molar-refractivity contribution in [3.63, 3.8) is 0 Å². The van der Waals surface area contributed by atoms with Crippen LogP contribution in [-0.4, -0.2) is 52.3 Å². The van der Waals surface area contributed by atoms with Crippen LogP contribution < -0.4 is 9.46 Å². The second kappa shape index (κ2) is 8.93. The molecule has 1 saturated heterocycles. The van der Waals surface area contributed by atoms with Gasteiger partial charge in [-0.2, -0.15) is 0 Å². The number of sulfonamides is 1. The molecule has 1 aliphatic rings. The number of ether oxygens (including phenoxy) is 1. The van der Waals surface area contributed by atoms with Gasteiger partial charge in [-0.3, -0.25) is 9.59 Å². The molecule has 9 heteroatoms. The number of nitrogens with one attached hydrogen (secondary N) is 1. The van der Waals surface area contributed by atoms with E-state index in [0.29, 0.717) is 24.2 Å². The summed E-state index contributed by atoms with van der Waals surface area (Å²) >= 11 is 0. The van der Waals surface area contributed by atoms with Crippen molar-refractivity contribution in [1.82, 2.24) is 9.62 Å². The number of likely N-dealkylation sites (tertiary alicyclic amines) is 1. The molecule has 0 bridgehead atoms. The Labute approximate surface area is 174 Å². The summed E-state index contributed by atoms with van der Waals surface area (Å²) in [6.07, 6.45) is 0.902. The van der Waals surface area contributed by atoms with Gasteiger partial charge in [0, 0.05) is 24.6 Å². The molecule has 7 nitrogen and oxygen atoms in total. The number of halogens is 1. The van der Waals surface area contributed by atoms with Gasteiger partial charge in [-0.05, 0) is 62.4 Å². The number of methoxy groups -OCH3 is 1. The largest absolute Gasteiger partial charge is 0.497 e. The number of ketones is 1. The van der Waals surface area contributed by atoms with Gasteiger partial charge in [0.05, 0.1) is 17.6 Å². The molecular weight excluding hydrogens is 411 g/mol. The normalized spacial score (nSPS) is 15.1. The van der Waals surface area contributed by atoms with Crippen molar-refractivity contribution in [3.05, 3.63) is 59.4 Å². The van der Waals surface area contributed by atoms with Gasteiger partial charge in [0.15, 0.2) is 5.78 Å². The summed E-state index contributed by atoms with van der Waals surface area (Å²) in [6, 6.07) is 9.98. The van der Waals surface area contributed by atoms with Gasteiger partial charge >= 0.3 is 0 Å². The van der Waals surface area contributed by atoms with Crippen molar-refractivity contribution in [2.45, 2.75) is 17.7 Å². The van der Waals surface area contributed by atoms with Gasteiger partial charge < -0.3 is 9.64 Å². The van der Waals surface area contributed by atoms with E-state index in [1.54, 1.807) is 31.4 Å². The fourth-order valence-corrected chi connectivity index (χ4v) is 4.22. The van der Waals surface area contributed by atoms with E-state index in [9.17, 15) is 22.4 Å². The number of carbonyl (C=O) groups excluding carboxylic acids is 2. The first-order valence-corrected chi connectivity index (χ1v) is 11.0. The minimum absolute atomic E-state index is 0.00181. The van der Waals surface area contributed by atoms with Crippen molar-refractivity contribution in [3.8, 4) is 5.75 Å². The van der Waals surface area contributed by atoms with E-state index < -0.39 is 21.7 Å². The lowest BCUT2D eigenvalue weighted by atomic mass is 9.88. The van der Waals surface area contributed by atoms with Crippen molar-refractivity contribution < 1.29 is 27.1 Å². The maximum Gasteiger partial charge on any atom is 0.256 e. The fourth-order valence-electron chi connectivity index (χ4n) is 3.46. The quantitative estimate of drug-likeness (QED) is 0.705. The summed E-state index contributed by atoms with van der Waals surface area (Å²) in [7, 11) is -1.01. The van der Waals surface area contributed by atoms with Gasteiger partial charge in [0.25, 0.3) is 5.91 Å². The number of carbonyl (C=O) groups is 2. The molecule has 0 atom stereocenters. The monoisotopic (exact) mass is 434 g/mol. The number of Topliss-reactive ketones (excluding diaryl/α,β-unsaturated/α-hetero) is 1. The second-order valence-electron chi connectivity index (χ2n) is 7.01. The Balaban J connectivity index is 1.69. The lowest BCUT2D eigenvalue weighted by Gasteiger charge is -2.31. The number of amides is 1. The predicted octanol–water partition coefficient (Wildman–Crippen LogP) is 2.48. The summed E-state index contributed by atoms with van der Waals surface area (Å²) < 4.78 is 45.4. The SMILES string of the molecule is CNS(=O)(=O)c1ccc(F)c(C(=O)N2CCC(C(=O)c3ccc(OC)cc3)CC2)c1. The minimum Gasteiger partial charge on any atom is -0.497 e. The molecule has 0 radical (unpaired) electrons. The van der Waals surface area contributed by atoms with Gasteiger partial charge in [0.2, 0.25) is 10.0 Å². The molecule has 0 saturated carbocycles. The highest BCUT2D eigenvalue weighted by Gasteiger charge is 2.30. The minimum atomic E-state index is -3.80. The number of benzene rings is 2. The summed E-state index contributed by atoms with van der Waals surface area (Å²) in [6.45, 7) is 0.571. The first-order chi connectivity index (χ1) is 14.3. The van der Waals surface area contributed by atoms with Crippen LogP contribution in [0, 0.1) is 11.7 Å². The molecule has 1 N–H and O–H groups in total. The molecule has 2 aromatic carbocycles. The average Bonchev–Trinajstić information content (AvgIpc) is 2.78. The number of nitrogens with zero attached hydrogens (tertiary/aromatic N) is 1. The molecular formula is C21H23FN2O5S. The van der Waals surface area contributed by atoms with Crippen LogP contribution in [-0.2, 0) is 10.0 Å². The van der Waals surface area contributed by atoms with Gasteiger partial charge in [-0.1, -0.05) is 0 Å². The van der Waals surface area contributed by atoms with E-state index in [1.165, 1.54) is 11.9 Å². The molecule has 30 heavy (non-hydrogen) atoms. The lowest BCUT2D eigenvalue weighted by molar-refractivity contribution is 0.0646. The molecule has 0 spiro atoms. The molecule has 0 aliphatic carbocycles. The summed E-state index contributed by atoms with van der Waals surface area (Å²) in [4.78, 5) is 26.8. The molecule has 0 unspecified atom stereocenters.